The maximum Gasteiger partial charge on any atom is 0.139 e. The molecule has 22 heavy (non-hydrogen) atoms. The summed E-state index contributed by atoms with van der Waals surface area (Å²) in [5.74, 6) is 2.07. The van der Waals surface area contributed by atoms with E-state index in [1.54, 1.807) is 0 Å². The smallest absolute Gasteiger partial charge is 0.139 e. The highest BCUT2D eigenvalue weighted by Crippen LogP contribution is 2.32. The Bertz CT molecular complexity index is 621. The van der Waals surface area contributed by atoms with Crippen LogP contribution in [0.25, 0.3) is 11.0 Å². The summed E-state index contributed by atoms with van der Waals surface area (Å²) in [5, 5.41) is 0. The van der Waals surface area contributed by atoms with Crippen molar-refractivity contribution in [1.29, 1.82) is 0 Å². The van der Waals surface area contributed by atoms with Crippen molar-refractivity contribution < 1.29 is 4.74 Å². The number of hydrogen-bond donors (Lipinski definition) is 0. The van der Waals surface area contributed by atoms with Gasteiger partial charge in [0.05, 0.1) is 11.0 Å². The van der Waals surface area contributed by atoms with E-state index in [1.165, 1.54) is 44.0 Å². The molecule has 1 aromatic carbocycles. The Balaban J connectivity index is 1.60. The van der Waals surface area contributed by atoms with Crippen LogP contribution in [0.2, 0.25) is 0 Å². The standard InChI is InChI=1S/C19H26N2O/c1-2-7-15(8-3-1)12-13-21-17-10-5-4-9-16(17)20-19(21)18-11-6-14-22-18/h4-5,9-10,15,18H,1-3,6-8,11-14H2/t18-/m0/s1. The monoisotopic (exact) mass is 298 g/mol. The predicted molar refractivity (Wildman–Crippen MR) is 88.9 cm³/mol. The van der Waals surface area contributed by atoms with Crippen molar-refractivity contribution in [3.05, 3.63) is 30.1 Å². The molecule has 3 nitrogen and oxygen atoms in total. The van der Waals surface area contributed by atoms with Crippen molar-refractivity contribution in [1.82, 2.24) is 9.55 Å². The van der Waals surface area contributed by atoms with Gasteiger partial charge >= 0.3 is 0 Å². The van der Waals surface area contributed by atoms with E-state index >= 15 is 0 Å². The van der Waals surface area contributed by atoms with Crippen LogP contribution in [-0.2, 0) is 11.3 Å². The molecule has 1 aromatic heterocycles. The Morgan fingerprint density at radius 2 is 1.91 bits per heavy atom. The zero-order valence-electron chi connectivity index (χ0n) is 13.3. The minimum atomic E-state index is 0.207. The highest BCUT2D eigenvalue weighted by atomic mass is 16.5. The molecule has 2 heterocycles. The molecule has 2 aromatic rings. The van der Waals surface area contributed by atoms with E-state index in [4.69, 9.17) is 9.72 Å². The molecular weight excluding hydrogens is 272 g/mol. The number of ether oxygens (including phenoxy) is 1. The van der Waals surface area contributed by atoms with Crippen LogP contribution in [0.3, 0.4) is 0 Å². The van der Waals surface area contributed by atoms with Crippen LogP contribution in [-0.4, -0.2) is 16.2 Å². The SMILES string of the molecule is c1ccc2c(c1)nc([C@@H]1CCCO1)n2CCC1CCCCC1. The fourth-order valence-corrected chi connectivity index (χ4v) is 4.14. The van der Waals surface area contributed by atoms with Crippen molar-refractivity contribution in [2.75, 3.05) is 6.61 Å². The molecule has 3 heteroatoms. The molecule has 0 N–H and O–H groups in total. The number of para-hydroxylation sites is 2. The lowest BCUT2D eigenvalue weighted by Crippen LogP contribution is -2.13. The number of aromatic nitrogens is 2. The van der Waals surface area contributed by atoms with Crippen LogP contribution < -0.4 is 0 Å². The lowest BCUT2D eigenvalue weighted by molar-refractivity contribution is 0.102. The molecule has 0 unspecified atom stereocenters. The Morgan fingerprint density at radius 3 is 2.73 bits per heavy atom. The molecule has 0 bridgehead atoms. The second-order valence-electron chi connectivity index (χ2n) is 6.90. The first kappa shape index (κ1) is 14.3. The summed E-state index contributed by atoms with van der Waals surface area (Å²) < 4.78 is 8.36. The first-order valence-corrected chi connectivity index (χ1v) is 8.98. The minimum absolute atomic E-state index is 0.207. The van der Waals surface area contributed by atoms with E-state index in [1.807, 2.05) is 0 Å². The Morgan fingerprint density at radius 1 is 1.05 bits per heavy atom. The Labute approximate surface area is 132 Å². The van der Waals surface area contributed by atoms with Crippen LogP contribution in [0.5, 0.6) is 0 Å². The van der Waals surface area contributed by atoms with Crippen molar-refractivity contribution in [3.63, 3.8) is 0 Å². The van der Waals surface area contributed by atoms with E-state index in [0.29, 0.717) is 0 Å². The summed E-state index contributed by atoms with van der Waals surface area (Å²) in [6.45, 7) is 1.98. The molecular formula is C19H26N2O. The Hall–Kier alpha value is -1.35. The topological polar surface area (TPSA) is 27.1 Å². The number of imidazole rings is 1. The van der Waals surface area contributed by atoms with E-state index in [2.05, 4.69) is 28.8 Å². The average molecular weight is 298 g/mol. The van der Waals surface area contributed by atoms with Gasteiger partial charge in [0.2, 0.25) is 0 Å². The second kappa shape index (κ2) is 6.41. The van der Waals surface area contributed by atoms with Gasteiger partial charge in [0, 0.05) is 13.2 Å². The summed E-state index contributed by atoms with van der Waals surface area (Å²) in [7, 11) is 0. The summed E-state index contributed by atoms with van der Waals surface area (Å²) in [6.07, 6.45) is 10.9. The van der Waals surface area contributed by atoms with Gasteiger partial charge in [0.1, 0.15) is 11.9 Å². The molecule has 4 rings (SSSR count). The van der Waals surface area contributed by atoms with Crippen molar-refractivity contribution in [2.45, 2.75) is 64.0 Å². The highest BCUT2D eigenvalue weighted by molar-refractivity contribution is 5.76. The van der Waals surface area contributed by atoms with Gasteiger partial charge in [-0.25, -0.2) is 4.98 Å². The molecule has 2 aliphatic rings. The molecule has 0 amide bonds. The van der Waals surface area contributed by atoms with Gasteiger partial charge in [0.15, 0.2) is 0 Å². The third-order valence-corrected chi connectivity index (χ3v) is 5.39. The van der Waals surface area contributed by atoms with Gasteiger partial charge < -0.3 is 9.30 Å². The summed E-state index contributed by atoms with van der Waals surface area (Å²) in [4.78, 5) is 4.90. The molecule has 1 atom stereocenters. The molecule has 1 aliphatic carbocycles. The molecule has 1 aliphatic heterocycles. The number of aryl methyl sites for hydroxylation is 1. The largest absolute Gasteiger partial charge is 0.370 e. The number of nitrogens with zero attached hydrogens (tertiary/aromatic N) is 2. The second-order valence-corrected chi connectivity index (χ2v) is 6.90. The predicted octanol–water partition coefficient (Wildman–Crippen LogP) is 4.86. The van der Waals surface area contributed by atoms with E-state index in [0.717, 1.165) is 43.3 Å². The summed E-state index contributed by atoms with van der Waals surface area (Å²) in [5.41, 5.74) is 2.40. The fraction of sp³-hybridized carbons (Fsp3) is 0.632. The van der Waals surface area contributed by atoms with Crippen LogP contribution in [0.4, 0.5) is 0 Å². The van der Waals surface area contributed by atoms with Crippen LogP contribution in [0.15, 0.2) is 24.3 Å². The van der Waals surface area contributed by atoms with Gasteiger partial charge in [-0.1, -0.05) is 44.2 Å². The van der Waals surface area contributed by atoms with E-state index in [9.17, 15) is 0 Å². The van der Waals surface area contributed by atoms with Gasteiger partial charge in [-0.05, 0) is 37.3 Å². The number of rotatable bonds is 4. The summed E-state index contributed by atoms with van der Waals surface area (Å²) in [6, 6.07) is 8.55. The van der Waals surface area contributed by atoms with Crippen LogP contribution in [0.1, 0.15) is 63.3 Å². The normalized spacial score (nSPS) is 23.4. The Kier molecular flexibility index (Phi) is 4.15. The summed E-state index contributed by atoms with van der Waals surface area (Å²) >= 11 is 0. The minimum Gasteiger partial charge on any atom is -0.370 e. The number of fused-ring (bicyclic) bond motifs is 1. The highest BCUT2D eigenvalue weighted by Gasteiger charge is 2.25. The molecule has 2 fully saturated rings. The molecule has 1 saturated heterocycles. The van der Waals surface area contributed by atoms with Crippen molar-refractivity contribution >= 4 is 11.0 Å². The number of benzene rings is 1. The lowest BCUT2D eigenvalue weighted by Gasteiger charge is -2.22. The molecule has 0 radical (unpaired) electrons. The quantitative estimate of drug-likeness (QED) is 0.806. The van der Waals surface area contributed by atoms with E-state index < -0.39 is 0 Å². The maximum absolute atomic E-state index is 5.92. The maximum atomic E-state index is 5.92. The zero-order chi connectivity index (χ0) is 14.8. The third-order valence-electron chi connectivity index (χ3n) is 5.39. The average Bonchev–Trinajstić information content (AvgIpc) is 3.21. The lowest BCUT2D eigenvalue weighted by atomic mass is 9.87. The third kappa shape index (κ3) is 2.79. The van der Waals surface area contributed by atoms with Crippen molar-refractivity contribution in [3.8, 4) is 0 Å². The van der Waals surface area contributed by atoms with Gasteiger partial charge in [-0.15, -0.1) is 0 Å². The first-order valence-electron chi connectivity index (χ1n) is 8.98. The van der Waals surface area contributed by atoms with Crippen molar-refractivity contribution in [2.24, 2.45) is 5.92 Å². The molecule has 0 spiro atoms. The van der Waals surface area contributed by atoms with Gasteiger partial charge in [-0.3, -0.25) is 0 Å². The van der Waals surface area contributed by atoms with E-state index in [-0.39, 0.29) is 6.10 Å². The van der Waals surface area contributed by atoms with Gasteiger partial charge in [-0.2, -0.15) is 0 Å². The van der Waals surface area contributed by atoms with Crippen LogP contribution >= 0.6 is 0 Å². The molecule has 1 saturated carbocycles. The fourth-order valence-electron chi connectivity index (χ4n) is 4.14. The first-order chi connectivity index (χ1) is 10.9. The van der Waals surface area contributed by atoms with Crippen LogP contribution in [0, 0.1) is 5.92 Å². The molecule has 118 valence electrons. The zero-order valence-corrected chi connectivity index (χ0v) is 13.3. The van der Waals surface area contributed by atoms with Gasteiger partial charge in [0.25, 0.3) is 0 Å². The number of hydrogen-bond acceptors (Lipinski definition) is 2.